The van der Waals surface area contributed by atoms with Gasteiger partial charge in [0, 0.05) is 9.75 Å². The van der Waals surface area contributed by atoms with Crippen LogP contribution in [0.1, 0.15) is 9.75 Å². The summed E-state index contributed by atoms with van der Waals surface area (Å²) in [4.78, 5) is 13.4. The van der Waals surface area contributed by atoms with Crippen molar-refractivity contribution in [1.82, 2.24) is 5.32 Å². The largest absolute Gasteiger partial charge is 0.343 e. The smallest absolute Gasteiger partial charge is 0.226 e. The number of amides is 1. The molecule has 0 aliphatic carbocycles. The first-order chi connectivity index (χ1) is 6.22. The summed E-state index contributed by atoms with van der Waals surface area (Å²) in [6, 6.07) is 5.78. The molecule has 0 atom stereocenters. The molecule has 4 heteroatoms. The molecular weight excluding hydrogens is 184 g/mol. The summed E-state index contributed by atoms with van der Waals surface area (Å²) < 4.78 is 0. The summed E-state index contributed by atoms with van der Waals surface area (Å²) in [5, 5.41) is 10.7. The summed E-state index contributed by atoms with van der Waals surface area (Å²) in [7, 11) is 0. The Morgan fingerprint density at radius 1 is 1.69 bits per heavy atom. The minimum Gasteiger partial charge on any atom is -0.343 e. The Kier molecular flexibility index (Phi) is 3.47. The van der Waals surface area contributed by atoms with E-state index in [1.165, 1.54) is 4.88 Å². The van der Waals surface area contributed by atoms with Gasteiger partial charge in [-0.15, -0.1) is 11.3 Å². The summed E-state index contributed by atoms with van der Waals surface area (Å²) >= 11 is 1.61. The van der Waals surface area contributed by atoms with Gasteiger partial charge in [0.1, 0.15) is 6.54 Å². The second-order valence-electron chi connectivity index (χ2n) is 2.62. The lowest BCUT2D eigenvalue weighted by atomic mass is 10.3. The molecule has 0 unspecified atom stereocenters. The number of aryl methyl sites for hydroxylation is 1. The van der Waals surface area contributed by atoms with Crippen LogP contribution in [0.5, 0.6) is 0 Å². The third kappa shape index (κ3) is 3.26. The molecule has 1 aromatic rings. The molecule has 0 spiro atoms. The van der Waals surface area contributed by atoms with Crippen molar-refractivity contribution in [3.05, 3.63) is 21.9 Å². The van der Waals surface area contributed by atoms with E-state index in [4.69, 9.17) is 5.26 Å². The van der Waals surface area contributed by atoms with E-state index in [0.29, 0.717) is 6.42 Å². The zero-order valence-corrected chi connectivity index (χ0v) is 8.15. The third-order valence-electron chi connectivity index (χ3n) is 1.50. The lowest BCUT2D eigenvalue weighted by molar-refractivity contribution is -0.120. The van der Waals surface area contributed by atoms with E-state index in [2.05, 4.69) is 5.32 Å². The van der Waals surface area contributed by atoms with Crippen LogP contribution in [0.3, 0.4) is 0 Å². The van der Waals surface area contributed by atoms with Crippen LogP contribution < -0.4 is 5.32 Å². The zero-order chi connectivity index (χ0) is 9.68. The number of nitrogens with one attached hydrogen (secondary N) is 1. The van der Waals surface area contributed by atoms with Crippen molar-refractivity contribution in [3.8, 4) is 6.07 Å². The van der Waals surface area contributed by atoms with Crippen LogP contribution in [0.15, 0.2) is 12.1 Å². The Balaban J connectivity index is 2.41. The maximum atomic E-state index is 11.1. The van der Waals surface area contributed by atoms with Crippen molar-refractivity contribution in [2.75, 3.05) is 6.54 Å². The highest BCUT2D eigenvalue weighted by Crippen LogP contribution is 2.15. The van der Waals surface area contributed by atoms with Crippen LogP contribution in [0, 0.1) is 18.3 Å². The lowest BCUT2D eigenvalue weighted by Crippen LogP contribution is -2.24. The molecule has 0 aromatic carbocycles. The van der Waals surface area contributed by atoms with Crippen molar-refractivity contribution in [3.63, 3.8) is 0 Å². The van der Waals surface area contributed by atoms with Crippen LogP contribution in [0.25, 0.3) is 0 Å². The first-order valence-electron chi connectivity index (χ1n) is 3.91. The number of rotatable bonds is 3. The highest BCUT2D eigenvalue weighted by atomic mass is 32.1. The summed E-state index contributed by atoms with van der Waals surface area (Å²) in [6.07, 6.45) is 0.375. The van der Waals surface area contributed by atoms with E-state index in [9.17, 15) is 4.79 Å². The Bertz CT molecular complexity index is 338. The van der Waals surface area contributed by atoms with Crippen LogP contribution in [0.4, 0.5) is 0 Å². The van der Waals surface area contributed by atoms with Gasteiger partial charge in [0.05, 0.1) is 12.5 Å². The molecule has 0 saturated carbocycles. The van der Waals surface area contributed by atoms with Gasteiger partial charge in [-0.1, -0.05) is 0 Å². The van der Waals surface area contributed by atoms with Gasteiger partial charge in [0.25, 0.3) is 0 Å². The average Bonchev–Trinajstić information content (AvgIpc) is 2.48. The van der Waals surface area contributed by atoms with Gasteiger partial charge >= 0.3 is 0 Å². The quantitative estimate of drug-likeness (QED) is 0.736. The second kappa shape index (κ2) is 4.63. The summed E-state index contributed by atoms with van der Waals surface area (Å²) in [6.45, 7) is 2.09. The van der Waals surface area contributed by atoms with E-state index in [1.54, 1.807) is 11.3 Å². The van der Waals surface area contributed by atoms with E-state index in [0.717, 1.165) is 4.88 Å². The van der Waals surface area contributed by atoms with Gasteiger partial charge in [0.2, 0.25) is 5.91 Å². The third-order valence-corrected chi connectivity index (χ3v) is 2.50. The summed E-state index contributed by atoms with van der Waals surface area (Å²) in [5.41, 5.74) is 0. The highest BCUT2D eigenvalue weighted by molar-refractivity contribution is 7.12. The van der Waals surface area contributed by atoms with Crippen LogP contribution in [-0.2, 0) is 11.2 Å². The number of carbonyl (C=O) groups is 1. The Morgan fingerprint density at radius 3 is 3.00 bits per heavy atom. The molecule has 0 saturated heterocycles. The predicted octanol–water partition coefficient (Wildman–Crippen LogP) is 1.24. The fraction of sp³-hybridized carbons (Fsp3) is 0.333. The SMILES string of the molecule is Cc1ccc(CC(=O)NCC#N)s1. The number of thiophene rings is 1. The molecule has 0 bridgehead atoms. The van der Waals surface area contributed by atoms with Crippen molar-refractivity contribution >= 4 is 17.2 Å². The molecule has 68 valence electrons. The molecule has 1 N–H and O–H groups in total. The lowest BCUT2D eigenvalue weighted by Gasteiger charge is -1.97. The number of nitrogens with zero attached hydrogens (tertiary/aromatic N) is 1. The fourth-order valence-corrected chi connectivity index (χ4v) is 1.83. The molecule has 0 aliphatic heterocycles. The van der Waals surface area contributed by atoms with Gasteiger partial charge in [-0.3, -0.25) is 4.79 Å². The molecule has 0 radical (unpaired) electrons. The molecule has 1 rings (SSSR count). The number of hydrogen-bond donors (Lipinski definition) is 1. The zero-order valence-electron chi connectivity index (χ0n) is 7.33. The van der Waals surface area contributed by atoms with Gasteiger partial charge in [-0.25, -0.2) is 0 Å². The maximum absolute atomic E-state index is 11.1. The van der Waals surface area contributed by atoms with Crippen LogP contribution in [-0.4, -0.2) is 12.5 Å². The first kappa shape index (κ1) is 9.75. The second-order valence-corrected chi connectivity index (χ2v) is 4.00. The Hall–Kier alpha value is -1.34. The predicted molar refractivity (Wildman–Crippen MR) is 51.4 cm³/mol. The van der Waals surface area contributed by atoms with Crippen molar-refractivity contribution in [2.45, 2.75) is 13.3 Å². The molecule has 0 fully saturated rings. The number of carbonyl (C=O) groups excluding carboxylic acids is 1. The summed E-state index contributed by atoms with van der Waals surface area (Å²) in [5.74, 6) is -0.0941. The Labute approximate surface area is 81.0 Å². The Morgan fingerprint density at radius 2 is 2.46 bits per heavy atom. The minimum atomic E-state index is -0.0941. The minimum absolute atomic E-state index is 0.0865. The van der Waals surface area contributed by atoms with E-state index in [-0.39, 0.29) is 12.5 Å². The van der Waals surface area contributed by atoms with Crippen molar-refractivity contribution < 1.29 is 4.79 Å². The van der Waals surface area contributed by atoms with Gasteiger partial charge in [0.15, 0.2) is 0 Å². The van der Waals surface area contributed by atoms with Gasteiger partial charge < -0.3 is 5.32 Å². The van der Waals surface area contributed by atoms with Gasteiger partial charge in [-0.2, -0.15) is 5.26 Å². The molecular formula is C9H10N2OS. The molecule has 1 aromatic heterocycles. The molecule has 0 aliphatic rings. The number of hydrogen-bond acceptors (Lipinski definition) is 3. The molecule has 3 nitrogen and oxygen atoms in total. The van der Waals surface area contributed by atoms with Gasteiger partial charge in [-0.05, 0) is 19.1 Å². The van der Waals surface area contributed by atoms with Crippen molar-refractivity contribution in [2.24, 2.45) is 0 Å². The molecule has 13 heavy (non-hydrogen) atoms. The maximum Gasteiger partial charge on any atom is 0.226 e. The van der Waals surface area contributed by atoms with E-state index >= 15 is 0 Å². The number of nitriles is 1. The topological polar surface area (TPSA) is 52.9 Å². The fourth-order valence-electron chi connectivity index (χ4n) is 0.939. The monoisotopic (exact) mass is 194 g/mol. The average molecular weight is 194 g/mol. The normalized spacial score (nSPS) is 9.23. The van der Waals surface area contributed by atoms with Crippen LogP contribution in [0.2, 0.25) is 0 Å². The van der Waals surface area contributed by atoms with E-state index < -0.39 is 0 Å². The highest BCUT2D eigenvalue weighted by Gasteiger charge is 2.03. The van der Waals surface area contributed by atoms with E-state index in [1.807, 2.05) is 25.1 Å². The van der Waals surface area contributed by atoms with Crippen LogP contribution >= 0.6 is 11.3 Å². The molecule has 1 amide bonds. The standard InChI is InChI=1S/C9H10N2OS/c1-7-2-3-8(13-7)6-9(12)11-5-4-10/h2-3H,5-6H2,1H3,(H,11,12). The first-order valence-corrected chi connectivity index (χ1v) is 4.73. The van der Waals surface area contributed by atoms with Crippen molar-refractivity contribution in [1.29, 1.82) is 5.26 Å². The molecule has 1 heterocycles.